The van der Waals surface area contributed by atoms with Gasteiger partial charge in [-0.15, -0.1) is 0 Å². The minimum atomic E-state index is -0.914. The maximum atomic E-state index is 12.2. The van der Waals surface area contributed by atoms with Crippen LogP contribution >= 0.6 is 0 Å². The normalized spacial score (nSPS) is 23.9. The van der Waals surface area contributed by atoms with Crippen molar-refractivity contribution in [3.8, 4) is 0 Å². The van der Waals surface area contributed by atoms with Gasteiger partial charge in [0.1, 0.15) is 5.78 Å². The van der Waals surface area contributed by atoms with Crippen molar-refractivity contribution in [2.75, 3.05) is 13.1 Å². The van der Waals surface area contributed by atoms with E-state index in [1.165, 1.54) is 0 Å². The predicted octanol–water partition coefficient (Wildman–Crippen LogP) is 1.25. The van der Waals surface area contributed by atoms with Gasteiger partial charge in [-0.2, -0.15) is 0 Å². The summed E-state index contributed by atoms with van der Waals surface area (Å²) in [5, 5.41) is 12.2. The summed E-state index contributed by atoms with van der Waals surface area (Å²) in [6.45, 7) is 1.10. The molecule has 1 unspecified atom stereocenters. The Labute approximate surface area is 106 Å². The van der Waals surface area contributed by atoms with Gasteiger partial charge in [-0.05, 0) is 12.0 Å². The van der Waals surface area contributed by atoms with E-state index in [1.54, 1.807) is 0 Å². The molecule has 2 N–H and O–H groups in total. The first-order valence-corrected chi connectivity index (χ1v) is 6.12. The number of carbonyl (C=O) groups excluding carboxylic acids is 1. The Balaban J connectivity index is 2.24. The van der Waals surface area contributed by atoms with E-state index in [0.29, 0.717) is 25.9 Å². The summed E-state index contributed by atoms with van der Waals surface area (Å²) in [6.07, 6.45) is 0.805. The molecule has 1 fully saturated rings. The number of benzene rings is 1. The quantitative estimate of drug-likeness (QED) is 0.840. The van der Waals surface area contributed by atoms with E-state index in [2.05, 4.69) is 5.32 Å². The molecule has 1 saturated heterocycles. The van der Waals surface area contributed by atoms with E-state index >= 15 is 0 Å². The number of carboxylic acid groups (broad SMARTS) is 1. The summed E-state index contributed by atoms with van der Waals surface area (Å²) in [5.74, 6) is -0.851. The maximum Gasteiger partial charge on any atom is 0.304 e. The average molecular weight is 247 g/mol. The number of carbonyl (C=O) groups is 2. The molecular formula is C14H17NO3. The molecule has 1 aromatic rings. The summed E-state index contributed by atoms with van der Waals surface area (Å²) in [7, 11) is 0. The lowest BCUT2D eigenvalue weighted by Crippen LogP contribution is -2.49. The highest BCUT2D eigenvalue weighted by molar-refractivity contribution is 5.90. The molecule has 1 aliphatic heterocycles. The molecule has 0 saturated carbocycles. The van der Waals surface area contributed by atoms with Crippen LogP contribution in [0.1, 0.15) is 18.4 Å². The topological polar surface area (TPSA) is 66.4 Å². The van der Waals surface area contributed by atoms with Crippen LogP contribution in [-0.2, 0) is 16.0 Å². The molecule has 1 aliphatic rings. The number of hydrogen-bond donors (Lipinski definition) is 2. The first-order chi connectivity index (χ1) is 8.62. The molecule has 0 aromatic heterocycles. The largest absolute Gasteiger partial charge is 0.481 e. The van der Waals surface area contributed by atoms with Gasteiger partial charge in [0.25, 0.3) is 0 Å². The minimum Gasteiger partial charge on any atom is -0.481 e. The molecular weight excluding hydrogens is 230 g/mol. The second-order valence-electron chi connectivity index (χ2n) is 4.86. The molecule has 0 amide bonds. The number of nitrogens with one attached hydrogen (secondary N) is 1. The predicted molar refractivity (Wildman–Crippen MR) is 67.3 cm³/mol. The van der Waals surface area contributed by atoms with Crippen LogP contribution in [0.5, 0.6) is 0 Å². The summed E-state index contributed by atoms with van der Waals surface area (Å²) in [4.78, 5) is 23.2. The number of Topliss-reactive ketones (excluding diaryl/α,β-unsaturated/α-hetero) is 1. The zero-order valence-corrected chi connectivity index (χ0v) is 10.2. The third-order valence-corrected chi connectivity index (χ3v) is 3.46. The maximum absolute atomic E-state index is 12.2. The highest BCUT2D eigenvalue weighted by Crippen LogP contribution is 2.31. The Morgan fingerprint density at radius 1 is 1.33 bits per heavy atom. The van der Waals surface area contributed by atoms with Gasteiger partial charge in [0.15, 0.2) is 0 Å². The highest BCUT2D eigenvalue weighted by Gasteiger charge is 2.41. The van der Waals surface area contributed by atoms with Crippen LogP contribution in [-0.4, -0.2) is 29.9 Å². The summed E-state index contributed by atoms with van der Waals surface area (Å²) >= 11 is 0. The number of ketones is 1. The van der Waals surface area contributed by atoms with Crippen molar-refractivity contribution >= 4 is 11.8 Å². The zero-order chi connectivity index (χ0) is 13.0. The lowest BCUT2D eigenvalue weighted by Gasteiger charge is -2.35. The van der Waals surface area contributed by atoms with Crippen LogP contribution in [0, 0.1) is 5.41 Å². The SMILES string of the molecule is O=C(O)CC1(Cc2ccccc2)CNCCC1=O. The van der Waals surface area contributed by atoms with Crippen molar-refractivity contribution < 1.29 is 14.7 Å². The van der Waals surface area contributed by atoms with Crippen LogP contribution in [0.2, 0.25) is 0 Å². The Bertz CT molecular complexity index is 444. The van der Waals surface area contributed by atoms with E-state index < -0.39 is 11.4 Å². The Hall–Kier alpha value is -1.68. The first kappa shape index (κ1) is 12.8. The van der Waals surface area contributed by atoms with E-state index in [0.717, 1.165) is 5.56 Å². The van der Waals surface area contributed by atoms with Crippen LogP contribution in [0.25, 0.3) is 0 Å². The standard InChI is InChI=1S/C14H17NO3/c16-12-6-7-15-10-14(12,9-13(17)18)8-11-4-2-1-3-5-11/h1-5,15H,6-10H2,(H,17,18). The molecule has 4 heteroatoms. The van der Waals surface area contributed by atoms with Crippen molar-refractivity contribution in [1.29, 1.82) is 0 Å². The smallest absolute Gasteiger partial charge is 0.304 e. The van der Waals surface area contributed by atoms with Gasteiger partial charge < -0.3 is 10.4 Å². The van der Waals surface area contributed by atoms with Crippen molar-refractivity contribution in [1.82, 2.24) is 5.32 Å². The van der Waals surface area contributed by atoms with Crippen molar-refractivity contribution in [2.45, 2.75) is 19.3 Å². The van der Waals surface area contributed by atoms with Gasteiger partial charge in [-0.3, -0.25) is 9.59 Å². The molecule has 18 heavy (non-hydrogen) atoms. The molecule has 1 heterocycles. The van der Waals surface area contributed by atoms with Crippen molar-refractivity contribution in [2.24, 2.45) is 5.41 Å². The van der Waals surface area contributed by atoms with Gasteiger partial charge in [0.05, 0.1) is 11.8 Å². The number of carboxylic acids is 1. The van der Waals surface area contributed by atoms with Gasteiger partial charge in [0.2, 0.25) is 0 Å². The Morgan fingerprint density at radius 3 is 2.67 bits per heavy atom. The molecule has 1 aromatic carbocycles. The van der Waals surface area contributed by atoms with Crippen LogP contribution < -0.4 is 5.32 Å². The highest BCUT2D eigenvalue weighted by atomic mass is 16.4. The van der Waals surface area contributed by atoms with Crippen LogP contribution in [0.3, 0.4) is 0 Å². The van der Waals surface area contributed by atoms with Crippen LogP contribution in [0.4, 0.5) is 0 Å². The van der Waals surface area contributed by atoms with Crippen molar-refractivity contribution in [3.05, 3.63) is 35.9 Å². The van der Waals surface area contributed by atoms with E-state index in [-0.39, 0.29) is 12.2 Å². The number of piperidine rings is 1. The van der Waals surface area contributed by atoms with Gasteiger partial charge in [-0.1, -0.05) is 30.3 Å². The average Bonchev–Trinajstić information content (AvgIpc) is 2.33. The third-order valence-electron chi connectivity index (χ3n) is 3.46. The summed E-state index contributed by atoms with van der Waals surface area (Å²) in [5.41, 5.74) is 0.224. The zero-order valence-electron chi connectivity index (χ0n) is 10.2. The van der Waals surface area contributed by atoms with Gasteiger partial charge in [-0.25, -0.2) is 0 Å². The molecule has 4 nitrogen and oxygen atoms in total. The second kappa shape index (κ2) is 5.31. The molecule has 0 spiro atoms. The van der Waals surface area contributed by atoms with Crippen molar-refractivity contribution in [3.63, 3.8) is 0 Å². The summed E-state index contributed by atoms with van der Waals surface area (Å²) < 4.78 is 0. The molecule has 0 bridgehead atoms. The Kier molecular flexibility index (Phi) is 3.77. The van der Waals surface area contributed by atoms with Gasteiger partial charge in [0, 0.05) is 19.5 Å². The fraction of sp³-hybridized carbons (Fsp3) is 0.429. The second-order valence-corrected chi connectivity index (χ2v) is 4.86. The van der Waals surface area contributed by atoms with Gasteiger partial charge >= 0.3 is 5.97 Å². The molecule has 0 radical (unpaired) electrons. The molecule has 2 rings (SSSR count). The van der Waals surface area contributed by atoms with E-state index in [1.807, 2.05) is 30.3 Å². The molecule has 96 valence electrons. The molecule has 1 atom stereocenters. The molecule has 0 aliphatic carbocycles. The number of aliphatic carboxylic acids is 1. The Morgan fingerprint density at radius 2 is 2.06 bits per heavy atom. The minimum absolute atomic E-state index is 0.0625. The first-order valence-electron chi connectivity index (χ1n) is 6.12. The van der Waals surface area contributed by atoms with Crippen LogP contribution in [0.15, 0.2) is 30.3 Å². The lowest BCUT2D eigenvalue weighted by molar-refractivity contribution is -0.145. The monoisotopic (exact) mass is 247 g/mol. The number of hydrogen-bond acceptors (Lipinski definition) is 3. The lowest BCUT2D eigenvalue weighted by atomic mass is 9.72. The fourth-order valence-electron chi connectivity index (χ4n) is 2.55. The van der Waals surface area contributed by atoms with E-state index in [9.17, 15) is 9.59 Å². The number of rotatable bonds is 4. The third kappa shape index (κ3) is 2.76. The summed E-state index contributed by atoms with van der Waals surface area (Å²) in [6, 6.07) is 9.60. The fourth-order valence-corrected chi connectivity index (χ4v) is 2.55. The van der Waals surface area contributed by atoms with E-state index in [4.69, 9.17) is 5.11 Å².